The van der Waals surface area contributed by atoms with Crippen LogP contribution in [-0.4, -0.2) is 35.7 Å². The van der Waals surface area contributed by atoms with Gasteiger partial charge in [-0.1, -0.05) is 25.1 Å². The van der Waals surface area contributed by atoms with E-state index < -0.39 is 0 Å². The Balaban J connectivity index is 1.89. The van der Waals surface area contributed by atoms with Crippen molar-refractivity contribution in [1.82, 2.24) is 10.2 Å². The molecule has 1 fully saturated rings. The Hall–Kier alpha value is -1.06. The molecule has 3 nitrogen and oxygen atoms in total. The minimum Gasteiger partial charge on any atom is -0.508 e. The first-order valence-electron chi connectivity index (χ1n) is 6.97. The molecule has 0 aromatic heterocycles. The standard InChI is InChI=1S/C15H24N2O/c1-3-17-10-8-13(9-11-17)16-12(2)14-6-4-5-7-15(14)18/h4-7,12-13,16,18H,3,8-11H2,1-2H3. The lowest BCUT2D eigenvalue weighted by Crippen LogP contribution is -2.43. The van der Waals surface area contributed by atoms with Crippen LogP contribution < -0.4 is 5.32 Å². The van der Waals surface area contributed by atoms with Crippen LogP contribution in [0.4, 0.5) is 0 Å². The number of para-hydroxylation sites is 1. The summed E-state index contributed by atoms with van der Waals surface area (Å²) < 4.78 is 0. The van der Waals surface area contributed by atoms with Crippen molar-refractivity contribution in [2.45, 2.75) is 38.8 Å². The van der Waals surface area contributed by atoms with Gasteiger partial charge in [-0.15, -0.1) is 0 Å². The van der Waals surface area contributed by atoms with Gasteiger partial charge < -0.3 is 15.3 Å². The normalized spacial score (nSPS) is 19.9. The number of benzene rings is 1. The molecule has 0 radical (unpaired) electrons. The molecule has 1 aliphatic rings. The van der Waals surface area contributed by atoms with Gasteiger partial charge in [0.1, 0.15) is 5.75 Å². The molecule has 0 saturated carbocycles. The van der Waals surface area contributed by atoms with Crippen molar-refractivity contribution in [2.75, 3.05) is 19.6 Å². The Morgan fingerprint density at radius 3 is 2.61 bits per heavy atom. The first kappa shape index (κ1) is 13.4. The summed E-state index contributed by atoms with van der Waals surface area (Å²) in [6.07, 6.45) is 2.40. The monoisotopic (exact) mass is 248 g/mol. The average Bonchev–Trinajstić information content (AvgIpc) is 2.40. The molecule has 1 unspecified atom stereocenters. The third-order valence-corrected chi connectivity index (χ3v) is 3.92. The number of nitrogens with one attached hydrogen (secondary N) is 1. The molecular formula is C15H24N2O. The molecule has 1 atom stereocenters. The van der Waals surface area contributed by atoms with Gasteiger partial charge in [0.15, 0.2) is 0 Å². The summed E-state index contributed by atoms with van der Waals surface area (Å²) in [6, 6.07) is 8.38. The van der Waals surface area contributed by atoms with Crippen molar-refractivity contribution in [1.29, 1.82) is 0 Å². The number of likely N-dealkylation sites (tertiary alicyclic amines) is 1. The van der Waals surface area contributed by atoms with Crippen LogP contribution in [0.2, 0.25) is 0 Å². The molecule has 1 aliphatic heterocycles. The summed E-state index contributed by atoms with van der Waals surface area (Å²) in [7, 11) is 0. The minimum atomic E-state index is 0.212. The van der Waals surface area contributed by atoms with Crippen LogP contribution in [0.25, 0.3) is 0 Å². The van der Waals surface area contributed by atoms with E-state index in [0.717, 1.165) is 12.1 Å². The topological polar surface area (TPSA) is 35.5 Å². The van der Waals surface area contributed by atoms with Gasteiger partial charge in [-0.25, -0.2) is 0 Å². The Labute approximate surface area is 110 Å². The molecule has 18 heavy (non-hydrogen) atoms. The largest absolute Gasteiger partial charge is 0.508 e. The zero-order valence-electron chi connectivity index (χ0n) is 11.4. The lowest BCUT2D eigenvalue weighted by molar-refractivity contribution is 0.200. The van der Waals surface area contributed by atoms with Gasteiger partial charge in [0.25, 0.3) is 0 Å². The molecule has 100 valence electrons. The van der Waals surface area contributed by atoms with Crippen molar-refractivity contribution in [3.8, 4) is 5.75 Å². The number of phenols is 1. The van der Waals surface area contributed by atoms with Gasteiger partial charge in [-0.05, 0) is 45.5 Å². The highest BCUT2D eigenvalue weighted by Gasteiger charge is 2.20. The van der Waals surface area contributed by atoms with E-state index in [1.165, 1.54) is 25.9 Å². The Morgan fingerprint density at radius 2 is 2.00 bits per heavy atom. The molecule has 0 bridgehead atoms. The number of rotatable bonds is 4. The van der Waals surface area contributed by atoms with E-state index in [0.29, 0.717) is 11.8 Å². The third-order valence-electron chi connectivity index (χ3n) is 3.92. The van der Waals surface area contributed by atoms with E-state index in [-0.39, 0.29) is 6.04 Å². The van der Waals surface area contributed by atoms with Crippen LogP contribution in [0.15, 0.2) is 24.3 Å². The second kappa shape index (κ2) is 6.21. The van der Waals surface area contributed by atoms with Crippen molar-refractivity contribution in [3.05, 3.63) is 29.8 Å². The fraction of sp³-hybridized carbons (Fsp3) is 0.600. The molecule has 1 heterocycles. The lowest BCUT2D eigenvalue weighted by atomic mass is 10.0. The number of phenolic OH excluding ortho intramolecular Hbond substituents is 1. The maximum Gasteiger partial charge on any atom is 0.120 e. The summed E-state index contributed by atoms with van der Waals surface area (Å²) in [5, 5.41) is 13.5. The first-order chi connectivity index (χ1) is 8.70. The summed E-state index contributed by atoms with van der Waals surface area (Å²) in [5.41, 5.74) is 0.996. The highest BCUT2D eigenvalue weighted by Crippen LogP contribution is 2.24. The molecule has 0 aliphatic carbocycles. The van der Waals surface area contributed by atoms with Crippen molar-refractivity contribution < 1.29 is 5.11 Å². The molecule has 0 spiro atoms. The van der Waals surface area contributed by atoms with Gasteiger partial charge in [0.2, 0.25) is 0 Å². The van der Waals surface area contributed by atoms with Crippen LogP contribution in [0.3, 0.4) is 0 Å². The quantitative estimate of drug-likeness (QED) is 0.859. The lowest BCUT2D eigenvalue weighted by Gasteiger charge is -2.33. The predicted octanol–water partition coefficient (Wildman–Crippen LogP) is 2.53. The van der Waals surface area contributed by atoms with E-state index in [1.807, 2.05) is 18.2 Å². The van der Waals surface area contributed by atoms with E-state index in [2.05, 4.69) is 24.1 Å². The molecule has 2 N–H and O–H groups in total. The fourth-order valence-electron chi connectivity index (χ4n) is 2.71. The van der Waals surface area contributed by atoms with Gasteiger partial charge in [0.05, 0.1) is 0 Å². The zero-order chi connectivity index (χ0) is 13.0. The van der Waals surface area contributed by atoms with Crippen LogP contribution in [0.5, 0.6) is 5.75 Å². The number of piperidine rings is 1. The Kier molecular flexibility index (Phi) is 4.61. The Morgan fingerprint density at radius 1 is 1.33 bits per heavy atom. The SMILES string of the molecule is CCN1CCC(NC(C)c2ccccc2O)CC1. The number of nitrogens with zero attached hydrogens (tertiary/aromatic N) is 1. The minimum absolute atomic E-state index is 0.212. The number of aromatic hydroxyl groups is 1. The highest BCUT2D eigenvalue weighted by molar-refractivity contribution is 5.34. The summed E-state index contributed by atoms with van der Waals surface area (Å²) in [6.45, 7) is 7.87. The van der Waals surface area contributed by atoms with Gasteiger partial charge in [0, 0.05) is 17.6 Å². The summed E-state index contributed by atoms with van der Waals surface area (Å²) >= 11 is 0. The second-order valence-corrected chi connectivity index (χ2v) is 5.16. The van der Waals surface area contributed by atoms with E-state index >= 15 is 0 Å². The fourth-order valence-corrected chi connectivity index (χ4v) is 2.71. The van der Waals surface area contributed by atoms with Gasteiger partial charge in [-0.3, -0.25) is 0 Å². The van der Waals surface area contributed by atoms with Crippen LogP contribution in [-0.2, 0) is 0 Å². The number of hydrogen-bond donors (Lipinski definition) is 2. The van der Waals surface area contributed by atoms with Crippen molar-refractivity contribution >= 4 is 0 Å². The Bertz CT molecular complexity index is 373. The summed E-state index contributed by atoms with van der Waals surface area (Å²) in [5.74, 6) is 0.392. The first-order valence-corrected chi connectivity index (χ1v) is 6.97. The molecular weight excluding hydrogens is 224 g/mol. The smallest absolute Gasteiger partial charge is 0.120 e. The average molecular weight is 248 g/mol. The molecule has 2 rings (SSSR count). The van der Waals surface area contributed by atoms with Gasteiger partial charge in [-0.2, -0.15) is 0 Å². The molecule has 1 aromatic carbocycles. The molecule has 3 heteroatoms. The van der Waals surface area contributed by atoms with Crippen LogP contribution in [0.1, 0.15) is 38.3 Å². The zero-order valence-corrected chi connectivity index (χ0v) is 11.4. The molecule has 0 amide bonds. The molecule has 1 aromatic rings. The van der Waals surface area contributed by atoms with Crippen molar-refractivity contribution in [2.24, 2.45) is 0 Å². The third kappa shape index (κ3) is 3.24. The molecule has 1 saturated heterocycles. The summed E-state index contributed by atoms with van der Waals surface area (Å²) in [4.78, 5) is 2.49. The maximum atomic E-state index is 9.84. The van der Waals surface area contributed by atoms with Crippen molar-refractivity contribution in [3.63, 3.8) is 0 Å². The van der Waals surface area contributed by atoms with E-state index in [4.69, 9.17) is 0 Å². The van der Waals surface area contributed by atoms with E-state index in [1.54, 1.807) is 6.07 Å². The maximum absolute atomic E-state index is 9.84. The van der Waals surface area contributed by atoms with Gasteiger partial charge >= 0.3 is 0 Å². The van der Waals surface area contributed by atoms with Crippen LogP contribution in [0, 0.1) is 0 Å². The highest BCUT2D eigenvalue weighted by atomic mass is 16.3. The number of hydrogen-bond acceptors (Lipinski definition) is 3. The van der Waals surface area contributed by atoms with Crippen LogP contribution >= 0.6 is 0 Å². The predicted molar refractivity (Wildman–Crippen MR) is 74.8 cm³/mol. The van der Waals surface area contributed by atoms with E-state index in [9.17, 15) is 5.11 Å². The second-order valence-electron chi connectivity index (χ2n) is 5.16.